The van der Waals surface area contributed by atoms with Crippen LogP contribution in [0, 0.1) is 17.8 Å². The van der Waals surface area contributed by atoms with Crippen molar-refractivity contribution in [2.75, 3.05) is 7.11 Å². The highest BCUT2D eigenvalue weighted by Gasteiger charge is 2.30. The topological polar surface area (TPSA) is 55.2 Å². The van der Waals surface area contributed by atoms with Gasteiger partial charge in [0, 0.05) is 6.07 Å². The van der Waals surface area contributed by atoms with Crippen molar-refractivity contribution in [3.8, 4) is 5.88 Å². The summed E-state index contributed by atoms with van der Waals surface area (Å²) in [5, 5.41) is 18.4. The molecule has 1 saturated carbocycles. The maximum Gasteiger partial charge on any atom is 0.233 e. The van der Waals surface area contributed by atoms with Gasteiger partial charge in [0.05, 0.1) is 12.8 Å². The Labute approximate surface area is 108 Å². The lowest BCUT2D eigenvalue weighted by Gasteiger charge is -2.33. The Morgan fingerprint density at radius 3 is 2.33 bits per heavy atom. The van der Waals surface area contributed by atoms with Crippen LogP contribution in [0.3, 0.4) is 0 Å². The first-order chi connectivity index (χ1) is 8.60. The van der Waals surface area contributed by atoms with Gasteiger partial charge in [-0.2, -0.15) is 0 Å². The number of hydrogen-bond donors (Lipinski definition) is 1. The first-order valence-electron chi connectivity index (χ1n) is 6.65. The summed E-state index contributed by atoms with van der Waals surface area (Å²) in [6.07, 6.45) is 2.89. The molecule has 0 bridgehead atoms. The minimum Gasteiger partial charge on any atom is -0.480 e. The van der Waals surface area contributed by atoms with Gasteiger partial charge in [0.15, 0.2) is 0 Å². The lowest BCUT2D eigenvalue weighted by molar-refractivity contribution is 0.0514. The maximum absolute atomic E-state index is 10.4. The number of aliphatic hydroxyl groups is 1. The molecule has 0 amide bonds. The van der Waals surface area contributed by atoms with Crippen molar-refractivity contribution >= 4 is 0 Å². The minimum absolute atomic E-state index is 0.298. The van der Waals surface area contributed by atoms with E-state index in [0.29, 0.717) is 29.3 Å². The quantitative estimate of drug-likeness (QED) is 0.896. The van der Waals surface area contributed by atoms with E-state index in [1.165, 1.54) is 6.42 Å². The van der Waals surface area contributed by atoms with Gasteiger partial charge in [0.2, 0.25) is 5.88 Å². The molecule has 1 aromatic rings. The predicted octanol–water partition coefficient (Wildman–Crippen LogP) is 2.59. The Morgan fingerprint density at radius 1 is 1.17 bits per heavy atom. The summed E-state index contributed by atoms with van der Waals surface area (Å²) < 4.78 is 4.97. The van der Waals surface area contributed by atoms with Crippen LogP contribution in [0.15, 0.2) is 12.1 Å². The van der Waals surface area contributed by atoms with Crippen molar-refractivity contribution in [2.24, 2.45) is 17.8 Å². The number of aliphatic hydroxyl groups excluding tert-OH is 1. The number of aromatic nitrogens is 2. The molecular formula is C14H22N2O2. The third-order valence-electron chi connectivity index (χ3n) is 3.83. The van der Waals surface area contributed by atoms with E-state index in [4.69, 9.17) is 4.74 Å². The van der Waals surface area contributed by atoms with Crippen LogP contribution in [-0.2, 0) is 0 Å². The van der Waals surface area contributed by atoms with Gasteiger partial charge < -0.3 is 9.84 Å². The number of nitrogens with zero attached hydrogens (tertiary/aromatic N) is 2. The molecule has 3 unspecified atom stereocenters. The number of hydrogen-bond acceptors (Lipinski definition) is 4. The van der Waals surface area contributed by atoms with Crippen molar-refractivity contribution in [2.45, 2.75) is 39.2 Å². The van der Waals surface area contributed by atoms with E-state index in [2.05, 4.69) is 24.0 Å². The van der Waals surface area contributed by atoms with Gasteiger partial charge in [-0.25, -0.2) is 0 Å². The molecule has 1 fully saturated rings. The van der Waals surface area contributed by atoms with Gasteiger partial charge in [-0.3, -0.25) is 0 Å². The molecule has 0 aromatic carbocycles. The van der Waals surface area contributed by atoms with E-state index in [-0.39, 0.29) is 0 Å². The highest BCUT2D eigenvalue weighted by molar-refractivity contribution is 5.13. The van der Waals surface area contributed by atoms with E-state index < -0.39 is 6.10 Å². The molecule has 3 atom stereocenters. The molecule has 0 spiro atoms. The van der Waals surface area contributed by atoms with Crippen LogP contribution in [0.5, 0.6) is 5.88 Å². The molecular weight excluding hydrogens is 228 g/mol. The molecule has 1 heterocycles. The SMILES string of the molecule is COc1ccc(C(O)C2CC(C)CC(C)C2)nn1. The zero-order chi connectivity index (χ0) is 13.1. The predicted molar refractivity (Wildman–Crippen MR) is 69.2 cm³/mol. The van der Waals surface area contributed by atoms with E-state index in [0.717, 1.165) is 12.8 Å². The molecule has 1 aliphatic carbocycles. The van der Waals surface area contributed by atoms with E-state index in [9.17, 15) is 5.11 Å². The van der Waals surface area contributed by atoms with Crippen LogP contribution >= 0.6 is 0 Å². The average Bonchev–Trinajstić information content (AvgIpc) is 2.37. The van der Waals surface area contributed by atoms with Crippen LogP contribution in [0.25, 0.3) is 0 Å². The lowest BCUT2D eigenvalue weighted by atomic mass is 9.74. The number of methoxy groups -OCH3 is 1. The molecule has 4 nitrogen and oxygen atoms in total. The van der Waals surface area contributed by atoms with Crippen LogP contribution in [0.2, 0.25) is 0 Å². The molecule has 18 heavy (non-hydrogen) atoms. The summed E-state index contributed by atoms with van der Waals surface area (Å²) in [7, 11) is 1.56. The molecule has 100 valence electrons. The maximum atomic E-state index is 10.4. The van der Waals surface area contributed by atoms with Gasteiger partial charge in [-0.15, -0.1) is 10.2 Å². The summed E-state index contributed by atoms with van der Waals surface area (Å²) in [4.78, 5) is 0. The normalized spacial score (nSPS) is 29.9. The average molecular weight is 250 g/mol. The zero-order valence-electron chi connectivity index (χ0n) is 11.3. The van der Waals surface area contributed by atoms with Crippen molar-refractivity contribution < 1.29 is 9.84 Å². The molecule has 0 saturated heterocycles. The standard InChI is InChI=1S/C14H22N2O2/c1-9-6-10(2)8-11(7-9)14(17)12-4-5-13(18-3)16-15-12/h4-5,9-11,14,17H,6-8H2,1-3H3. The first kappa shape index (κ1) is 13.3. The summed E-state index contributed by atoms with van der Waals surface area (Å²) in [5.74, 6) is 2.14. The van der Waals surface area contributed by atoms with Crippen LogP contribution < -0.4 is 4.74 Å². The Bertz CT molecular complexity index is 370. The highest BCUT2D eigenvalue weighted by Crippen LogP contribution is 2.39. The Kier molecular flexibility index (Phi) is 4.17. The minimum atomic E-state index is -0.506. The van der Waals surface area contributed by atoms with Gasteiger partial charge in [-0.1, -0.05) is 13.8 Å². The van der Waals surface area contributed by atoms with Gasteiger partial charge in [0.1, 0.15) is 6.10 Å². The number of rotatable bonds is 3. The summed E-state index contributed by atoms with van der Waals surface area (Å²) in [6, 6.07) is 3.56. The fourth-order valence-electron chi connectivity index (χ4n) is 3.11. The van der Waals surface area contributed by atoms with Gasteiger partial charge in [-0.05, 0) is 43.1 Å². The molecule has 1 aromatic heterocycles. The fraction of sp³-hybridized carbons (Fsp3) is 0.714. The van der Waals surface area contributed by atoms with E-state index in [1.807, 2.05) is 0 Å². The second-order valence-corrected chi connectivity index (χ2v) is 5.62. The van der Waals surface area contributed by atoms with E-state index in [1.54, 1.807) is 19.2 Å². The molecule has 0 radical (unpaired) electrons. The second kappa shape index (κ2) is 5.65. The van der Waals surface area contributed by atoms with Crippen molar-refractivity contribution in [3.05, 3.63) is 17.8 Å². The summed E-state index contributed by atoms with van der Waals surface area (Å²) in [5.41, 5.74) is 0.655. The molecule has 1 aliphatic rings. The molecule has 4 heteroatoms. The largest absolute Gasteiger partial charge is 0.480 e. The lowest BCUT2D eigenvalue weighted by Crippen LogP contribution is -2.25. The monoisotopic (exact) mass is 250 g/mol. The van der Waals surface area contributed by atoms with Gasteiger partial charge >= 0.3 is 0 Å². The second-order valence-electron chi connectivity index (χ2n) is 5.62. The molecule has 0 aliphatic heterocycles. The van der Waals surface area contributed by atoms with Gasteiger partial charge in [0.25, 0.3) is 0 Å². The first-order valence-corrected chi connectivity index (χ1v) is 6.65. The van der Waals surface area contributed by atoms with Crippen molar-refractivity contribution in [1.82, 2.24) is 10.2 Å². The Balaban J connectivity index is 2.07. The molecule has 2 rings (SSSR count). The third kappa shape index (κ3) is 2.99. The fourth-order valence-corrected chi connectivity index (χ4v) is 3.11. The summed E-state index contributed by atoms with van der Waals surface area (Å²) in [6.45, 7) is 4.52. The number of ether oxygens (including phenoxy) is 1. The van der Waals surface area contributed by atoms with Crippen molar-refractivity contribution in [1.29, 1.82) is 0 Å². The third-order valence-corrected chi connectivity index (χ3v) is 3.83. The Morgan fingerprint density at radius 2 is 1.83 bits per heavy atom. The Hall–Kier alpha value is -1.16. The van der Waals surface area contributed by atoms with Crippen LogP contribution in [0.4, 0.5) is 0 Å². The smallest absolute Gasteiger partial charge is 0.233 e. The van der Waals surface area contributed by atoms with Crippen LogP contribution in [0.1, 0.15) is 44.9 Å². The van der Waals surface area contributed by atoms with Crippen LogP contribution in [-0.4, -0.2) is 22.4 Å². The highest BCUT2D eigenvalue weighted by atomic mass is 16.5. The molecule has 1 N–H and O–H groups in total. The summed E-state index contributed by atoms with van der Waals surface area (Å²) >= 11 is 0. The zero-order valence-corrected chi connectivity index (χ0v) is 11.3. The van der Waals surface area contributed by atoms with Crippen molar-refractivity contribution in [3.63, 3.8) is 0 Å². The van der Waals surface area contributed by atoms with E-state index >= 15 is 0 Å².